The smallest absolute Gasteiger partial charge is 0.289 e. The summed E-state index contributed by atoms with van der Waals surface area (Å²) in [4.78, 5) is 3.78. The van der Waals surface area contributed by atoms with Gasteiger partial charge in [-0.15, -0.1) is 0 Å². The molecule has 1 aliphatic rings. The molecule has 2 N–H and O–H groups in total. The zero-order chi connectivity index (χ0) is 14.3. The molecule has 0 fully saturated rings. The highest BCUT2D eigenvalue weighted by Crippen LogP contribution is 2.26. The van der Waals surface area contributed by atoms with Gasteiger partial charge in [0.2, 0.25) is 0 Å². The number of aliphatic hydroxyl groups is 1. The Hall–Kier alpha value is -1.33. The third-order valence-corrected chi connectivity index (χ3v) is 2.71. The van der Waals surface area contributed by atoms with Crippen LogP contribution in [0.2, 0.25) is 0 Å². The summed E-state index contributed by atoms with van der Waals surface area (Å²) in [7, 11) is 0. The van der Waals surface area contributed by atoms with Crippen LogP contribution in [0.5, 0.6) is 0 Å². The molecule has 1 heterocycles. The van der Waals surface area contributed by atoms with Gasteiger partial charge in [-0.25, -0.2) is 4.99 Å². The van der Waals surface area contributed by atoms with Crippen LogP contribution in [0.4, 0.5) is 8.78 Å². The Balaban J connectivity index is 3.00. The predicted octanol–water partition coefficient (Wildman–Crippen LogP) is 2.80. The van der Waals surface area contributed by atoms with Gasteiger partial charge in [-0.05, 0) is 12.5 Å². The van der Waals surface area contributed by atoms with Gasteiger partial charge in [-0.1, -0.05) is 38.2 Å². The molecule has 0 aromatic heterocycles. The van der Waals surface area contributed by atoms with Crippen LogP contribution < -0.4 is 5.32 Å². The van der Waals surface area contributed by atoms with Crippen LogP contribution in [-0.2, 0) is 0 Å². The highest BCUT2D eigenvalue weighted by Gasteiger charge is 2.39. The van der Waals surface area contributed by atoms with Gasteiger partial charge >= 0.3 is 0 Å². The molecular formula is C14H20F2N2O. The summed E-state index contributed by atoms with van der Waals surface area (Å²) < 4.78 is 28.1. The molecule has 0 saturated carbocycles. The summed E-state index contributed by atoms with van der Waals surface area (Å²) in [5.74, 6) is -3.14. The van der Waals surface area contributed by atoms with Crippen molar-refractivity contribution in [3.05, 3.63) is 36.6 Å². The van der Waals surface area contributed by atoms with Crippen LogP contribution in [0.25, 0.3) is 0 Å². The zero-order valence-electron chi connectivity index (χ0n) is 11.1. The third-order valence-electron chi connectivity index (χ3n) is 2.71. The minimum Gasteiger partial charge on any atom is -0.373 e. The van der Waals surface area contributed by atoms with E-state index in [1.54, 1.807) is 18.2 Å². The Morgan fingerprint density at radius 2 is 2.26 bits per heavy atom. The lowest BCUT2D eigenvalue weighted by Crippen LogP contribution is -2.46. The number of alkyl halides is 2. The molecule has 0 aromatic rings. The zero-order valence-corrected chi connectivity index (χ0v) is 11.1. The topological polar surface area (TPSA) is 44.6 Å². The average Bonchev–Trinajstić information content (AvgIpc) is 2.37. The fourth-order valence-electron chi connectivity index (χ4n) is 1.65. The first kappa shape index (κ1) is 15.7. The van der Waals surface area contributed by atoms with E-state index in [-0.39, 0.29) is 12.1 Å². The van der Waals surface area contributed by atoms with Crippen LogP contribution in [0, 0.1) is 0 Å². The number of rotatable bonds is 4. The van der Waals surface area contributed by atoms with Crippen molar-refractivity contribution in [1.29, 1.82) is 0 Å². The number of hydrogen-bond acceptors (Lipinski definition) is 3. The molecule has 0 aliphatic carbocycles. The molecule has 0 radical (unpaired) electrons. The molecule has 1 rings (SSSR count). The van der Waals surface area contributed by atoms with Gasteiger partial charge in [0.25, 0.3) is 5.92 Å². The maximum atomic E-state index is 14.1. The fourth-order valence-corrected chi connectivity index (χ4v) is 1.65. The number of allylic oxidation sites excluding steroid dienone is 3. The number of nitrogens with one attached hydrogen (secondary N) is 1. The van der Waals surface area contributed by atoms with Crippen molar-refractivity contribution in [3.63, 3.8) is 0 Å². The standard InChI is InChI=1S/C14H20F2N2O/c1-3-4-9-14(15,16)12-13(19)17-10-7-5-6-8-11(2)18-12/h5-8,13,17,19H,2-4,9-10H2,1H3/b7-5-,8-6-,18-12?. The maximum Gasteiger partial charge on any atom is 0.289 e. The Morgan fingerprint density at radius 1 is 1.53 bits per heavy atom. The van der Waals surface area contributed by atoms with Gasteiger partial charge in [-0.2, -0.15) is 8.78 Å². The summed E-state index contributed by atoms with van der Waals surface area (Å²) in [6.07, 6.45) is 5.91. The largest absolute Gasteiger partial charge is 0.373 e. The Morgan fingerprint density at radius 3 is 2.95 bits per heavy atom. The fraction of sp³-hybridized carbons (Fsp3) is 0.500. The average molecular weight is 270 g/mol. The molecule has 0 bridgehead atoms. The van der Waals surface area contributed by atoms with Crippen molar-refractivity contribution in [2.75, 3.05) is 6.54 Å². The van der Waals surface area contributed by atoms with Crippen LogP contribution in [-0.4, -0.2) is 29.5 Å². The molecule has 0 amide bonds. The number of unbranched alkanes of at least 4 members (excludes halogenated alkanes) is 1. The predicted molar refractivity (Wildman–Crippen MR) is 73.3 cm³/mol. The van der Waals surface area contributed by atoms with Crippen LogP contribution in [0.3, 0.4) is 0 Å². The van der Waals surface area contributed by atoms with Crippen molar-refractivity contribution >= 4 is 5.71 Å². The first-order valence-corrected chi connectivity index (χ1v) is 6.38. The molecule has 0 aromatic carbocycles. The highest BCUT2D eigenvalue weighted by molar-refractivity contribution is 5.95. The summed E-state index contributed by atoms with van der Waals surface area (Å²) in [5, 5.41) is 12.4. The van der Waals surface area contributed by atoms with E-state index in [0.29, 0.717) is 19.4 Å². The van der Waals surface area contributed by atoms with Crippen LogP contribution in [0.1, 0.15) is 26.2 Å². The normalized spacial score (nSPS) is 24.7. The molecule has 3 nitrogen and oxygen atoms in total. The van der Waals surface area contributed by atoms with Gasteiger partial charge in [0.05, 0.1) is 5.70 Å². The summed E-state index contributed by atoms with van der Waals surface area (Å²) in [5.41, 5.74) is -0.371. The second-order valence-electron chi connectivity index (χ2n) is 4.39. The maximum absolute atomic E-state index is 14.1. The Kier molecular flexibility index (Phi) is 6.05. The number of aliphatic hydroxyl groups excluding tert-OH is 1. The lowest BCUT2D eigenvalue weighted by atomic mass is 10.0. The second kappa shape index (κ2) is 7.31. The van der Waals surface area contributed by atoms with Crippen LogP contribution in [0.15, 0.2) is 41.6 Å². The lowest BCUT2D eigenvalue weighted by Gasteiger charge is -2.23. The highest BCUT2D eigenvalue weighted by atomic mass is 19.3. The van der Waals surface area contributed by atoms with Gasteiger partial charge < -0.3 is 5.11 Å². The molecule has 1 atom stereocenters. The van der Waals surface area contributed by atoms with Crippen LogP contribution >= 0.6 is 0 Å². The Labute approximate surface area is 112 Å². The number of nitrogens with zero attached hydrogens (tertiary/aromatic N) is 1. The van der Waals surface area contributed by atoms with E-state index in [0.717, 1.165) is 0 Å². The van der Waals surface area contributed by atoms with E-state index in [2.05, 4.69) is 16.9 Å². The summed E-state index contributed by atoms with van der Waals surface area (Å²) >= 11 is 0. The van der Waals surface area contributed by atoms with Gasteiger partial charge in [0.15, 0.2) is 6.23 Å². The van der Waals surface area contributed by atoms with E-state index < -0.39 is 17.9 Å². The first-order valence-electron chi connectivity index (χ1n) is 6.38. The molecule has 1 unspecified atom stereocenters. The van der Waals surface area contributed by atoms with E-state index in [1.807, 2.05) is 6.92 Å². The second-order valence-corrected chi connectivity index (χ2v) is 4.39. The summed E-state index contributed by atoms with van der Waals surface area (Å²) in [6, 6.07) is 0. The van der Waals surface area contributed by atoms with Gasteiger partial charge in [-0.3, -0.25) is 5.32 Å². The van der Waals surface area contributed by atoms with Crippen molar-refractivity contribution in [1.82, 2.24) is 5.32 Å². The van der Waals surface area contributed by atoms with Crippen molar-refractivity contribution in [2.45, 2.75) is 38.3 Å². The molecule has 1 aliphatic heterocycles. The van der Waals surface area contributed by atoms with E-state index in [4.69, 9.17) is 0 Å². The quantitative estimate of drug-likeness (QED) is 0.825. The minimum atomic E-state index is -3.14. The minimum absolute atomic E-state index is 0.193. The molecular weight excluding hydrogens is 250 g/mol. The van der Waals surface area contributed by atoms with Crippen molar-refractivity contribution in [3.8, 4) is 0 Å². The molecule has 19 heavy (non-hydrogen) atoms. The molecule has 0 spiro atoms. The van der Waals surface area contributed by atoms with Crippen molar-refractivity contribution < 1.29 is 13.9 Å². The van der Waals surface area contributed by atoms with Gasteiger partial charge in [0.1, 0.15) is 5.71 Å². The summed E-state index contributed by atoms with van der Waals surface area (Å²) in [6.45, 7) is 5.72. The SMILES string of the molecule is C=C1/C=C\C=C/CNC(O)C(C(F)(F)CCCC)=N1. The van der Waals surface area contributed by atoms with E-state index >= 15 is 0 Å². The number of halogens is 2. The van der Waals surface area contributed by atoms with Gasteiger partial charge in [0, 0.05) is 13.0 Å². The molecule has 0 saturated heterocycles. The third kappa shape index (κ3) is 5.04. The number of aliphatic imine (C=N–C) groups is 1. The number of hydrogen-bond donors (Lipinski definition) is 2. The van der Waals surface area contributed by atoms with Crippen molar-refractivity contribution in [2.24, 2.45) is 4.99 Å². The molecule has 5 heteroatoms. The first-order chi connectivity index (χ1) is 8.97. The van der Waals surface area contributed by atoms with E-state index in [1.165, 1.54) is 6.08 Å². The van der Waals surface area contributed by atoms with E-state index in [9.17, 15) is 13.9 Å². The lowest BCUT2D eigenvalue weighted by molar-refractivity contribution is 0.0482. The monoisotopic (exact) mass is 270 g/mol. The molecule has 106 valence electrons. The Bertz CT molecular complexity index is 400.